The van der Waals surface area contributed by atoms with Crippen LogP contribution in [0.15, 0.2) is 82.5 Å². The highest BCUT2D eigenvalue weighted by Crippen LogP contribution is 2.45. The molecule has 7 nitrogen and oxygen atoms in total. The van der Waals surface area contributed by atoms with Crippen LogP contribution in [0.5, 0.6) is 5.75 Å². The number of Topliss-reactive ketones (excluding diaryl/α,β-unsaturated/α-hetero) is 1. The largest absolute Gasteiger partial charge is 0.503 e. The van der Waals surface area contributed by atoms with Gasteiger partial charge in [-0.15, -0.1) is 0 Å². The molecule has 184 valence electrons. The van der Waals surface area contributed by atoms with Gasteiger partial charge in [0.2, 0.25) is 5.78 Å². The smallest absolute Gasteiger partial charge is 0.296 e. The Labute approximate surface area is 220 Å². The van der Waals surface area contributed by atoms with Crippen LogP contribution in [-0.2, 0) is 4.79 Å². The third-order valence-corrected chi connectivity index (χ3v) is 7.60. The summed E-state index contributed by atoms with van der Waals surface area (Å²) < 4.78 is 12.0. The molecule has 1 amide bonds. The maximum atomic E-state index is 13.9. The first-order chi connectivity index (χ1) is 17.9. The second-order valence-electron chi connectivity index (χ2n) is 8.68. The Bertz CT molecular complexity index is 1750. The van der Waals surface area contributed by atoms with Gasteiger partial charge >= 0.3 is 0 Å². The first-order valence-corrected chi connectivity index (χ1v) is 12.6. The summed E-state index contributed by atoms with van der Waals surface area (Å²) >= 11 is 7.41. The highest BCUT2D eigenvalue weighted by atomic mass is 35.5. The number of fused-ring (bicyclic) bond motifs is 2. The van der Waals surface area contributed by atoms with E-state index < -0.39 is 23.5 Å². The number of carbonyl (C=O) groups excluding carboxylic acids is 2. The van der Waals surface area contributed by atoms with Crippen molar-refractivity contribution in [2.45, 2.75) is 13.0 Å². The number of carbonyl (C=O) groups is 2. The SMILES string of the molecule is COc1cccc2cc(C(=O)C3=C(O)C(=O)N(c4nc5ccc(Cl)cc5s4)C3c3ccc(C)cc3)oc12. The van der Waals surface area contributed by atoms with E-state index in [1.165, 1.54) is 23.3 Å². The minimum absolute atomic E-state index is 0.0103. The average molecular weight is 531 g/mol. The van der Waals surface area contributed by atoms with E-state index in [-0.39, 0.29) is 11.3 Å². The van der Waals surface area contributed by atoms with E-state index in [0.717, 1.165) is 10.3 Å². The second kappa shape index (κ2) is 8.76. The number of thiazole rings is 1. The van der Waals surface area contributed by atoms with Crippen molar-refractivity contribution < 1.29 is 23.8 Å². The summed E-state index contributed by atoms with van der Waals surface area (Å²) in [7, 11) is 1.51. The molecule has 0 aliphatic carbocycles. The van der Waals surface area contributed by atoms with Crippen molar-refractivity contribution in [2.24, 2.45) is 0 Å². The lowest BCUT2D eigenvalue weighted by Crippen LogP contribution is -2.30. The molecule has 6 rings (SSSR count). The third-order valence-electron chi connectivity index (χ3n) is 6.34. The van der Waals surface area contributed by atoms with Gasteiger partial charge in [-0.1, -0.05) is 64.9 Å². The molecule has 1 atom stereocenters. The Hall–Kier alpha value is -4.14. The molecule has 0 spiro atoms. The second-order valence-corrected chi connectivity index (χ2v) is 10.1. The predicted octanol–water partition coefficient (Wildman–Crippen LogP) is 6.80. The number of furan rings is 1. The van der Waals surface area contributed by atoms with Crippen LogP contribution in [0, 0.1) is 6.92 Å². The quantitative estimate of drug-likeness (QED) is 0.251. The van der Waals surface area contributed by atoms with Gasteiger partial charge < -0.3 is 14.3 Å². The Kier molecular flexibility index (Phi) is 5.51. The standard InChI is InChI=1S/C28H19ClN2O5S/c1-14-6-8-15(9-7-14)23-22(24(32)20-12-16-4-3-5-19(35-2)26(16)36-20)25(33)27(34)31(23)28-30-18-11-10-17(29)13-21(18)37-28/h3-13,23,33H,1-2H3. The lowest BCUT2D eigenvalue weighted by molar-refractivity contribution is -0.117. The van der Waals surface area contributed by atoms with Gasteiger partial charge in [0, 0.05) is 10.4 Å². The molecule has 2 aromatic heterocycles. The summed E-state index contributed by atoms with van der Waals surface area (Å²) in [5, 5.41) is 12.6. The van der Waals surface area contributed by atoms with E-state index in [0.29, 0.717) is 38.0 Å². The molecule has 1 aliphatic rings. The number of methoxy groups -OCH3 is 1. The van der Waals surface area contributed by atoms with Gasteiger partial charge in [0.1, 0.15) is 0 Å². The van der Waals surface area contributed by atoms with Crippen LogP contribution in [-0.4, -0.2) is 28.9 Å². The Morgan fingerprint density at radius 1 is 1.14 bits per heavy atom. The number of aromatic nitrogens is 1. The molecule has 37 heavy (non-hydrogen) atoms. The van der Waals surface area contributed by atoms with Crippen LogP contribution in [0.25, 0.3) is 21.2 Å². The number of rotatable bonds is 5. The number of halogens is 1. The zero-order chi connectivity index (χ0) is 25.8. The molecule has 1 N–H and O–H groups in total. The van der Waals surface area contributed by atoms with Gasteiger partial charge in [-0.2, -0.15) is 0 Å². The van der Waals surface area contributed by atoms with Gasteiger partial charge in [-0.05, 0) is 42.8 Å². The number of nitrogens with zero attached hydrogens (tertiary/aromatic N) is 2. The zero-order valence-electron chi connectivity index (χ0n) is 19.7. The first kappa shape index (κ1) is 23.3. The molecule has 0 fully saturated rings. The molecule has 1 unspecified atom stereocenters. The van der Waals surface area contributed by atoms with Crippen molar-refractivity contribution >= 4 is 60.9 Å². The maximum Gasteiger partial charge on any atom is 0.296 e. The number of aryl methyl sites for hydroxylation is 1. The number of hydrogen-bond donors (Lipinski definition) is 1. The van der Waals surface area contributed by atoms with E-state index >= 15 is 0 Å². The number of benzene rings is 3. The van der Waals surface area contributed by atoms with Gasteiger partial charge in [0.05, 0.1) is 28.9 Å². The fourth-order valence-electron chi connectivity index (χ4n) is 4.53. The molecule has 0 saturated heterocycles. The monoisotopic (exact) mass is 530 g/mol. The summed E-state index contributed by atoms with van der Waals surface area (Å²) in [4.78, 5) is 33.3. The van der Waals surface area contributed by atoms with Crippen molar-refractivity contribution in [1.82, 2.24) is 4.98 Å². The van der Waals surface area contributed by atoms with Crippen LogP contribution in [0.1, 0.15) is 27.7 Å². The molecule has 5 aromatic rings. The fraction of sp³-hybridized carbons (Fsp3) is 0.107. The van der Waals surface area contributed by atoms with Crippen LogP contribution in [0.4, 0.5) is 5.13 Å². The Morgan fingerprint density at radius 2 is 1.92 bits per heavy atom. The number of amides is 1. The number of ether oxygens (including phenoxy) is 1. The van der Waals surface area contributed by atoms with E-state index in [4.69, 9.17) is 20.8 Å². The van der Waals surface area contributed by atoms with Crippen molar-refractivity contribution in [3.63, 3.8) is 0 Å². The fourth-order valence-corrected chi connectivity index (χ4v) is 5.80. The van der Waals surface area contributed by atoms with Crippen LogP contribution >= 0.6 is 22.9 Å². The van der Waals surface area contributed by atoms with Gasteiger partial charge in [0.15, 0.2) is 28.0 Å². The number of para-hydroxylation sites is 1. The number of aliphatic hydroxyl groups is 1. The molecular formula is C28H19ClN2O5S. The number of aliphatic hydroxyl groups excluding tert-OH is 1. The average Bonchev–Trinajstić information content (AvgIpc) is 3.58. The van der Waals surface area contributed by atoms with E-state index in [1.54, 1.807) is 42.5 Å². The predicted molar refractivity (Wildman–Crippen MR) is 143 cm³/mol. The van der Waals surface area contributed by atoms with E-state index in [9.17, 15) is 14.7 Å². The summed E-state index contributed by atoms with van der Waals surface area (Å²) in [5.74, 6) is -1.49. The summed E-state index contributed by atoms with van der Waals surface area (Å²) in [5.41, 5.74) is 2.65. The summed E-state index contributed by atoms with van der Waals surface area (Å²) in [6, 6.07) is 18.7. The third kappa shape index (κ3) is 3.77. The highest BCUT2D eigenvalue weighted by Gasteiger charge is 2.46. The molecular weight excluding hydrogens is 512 g/mol. The van der Waals surface area contributed by atoms with Gasteiger partial charge in [-0.25, -0.2) is 4.98 Å². The summed E-state index contributed by atoms with van der Waals surface area (Å²) in [6.07, 6.45) is 0. The highest BCUT2D eigenvalue weighted by molar-refractivity contribution is 7.22. The number of hydrogen-bond acceptors (Lipinski definition) is 7. The number of anilines is 1. The van der Waals surface area contributed by atoms with Crippen molar-refractivity contribution in [3.05, 3.63) is 100.0 Å². The van der Waals surface area contributed by atoms with Crippen molar-refractivity contribution in [1.29, 1.82) is 0 Å². The van der Waals surface area contributed by atoms with Crippen molar-refractivity contribution in [3.8, 4) is 5.75 Å². The lowest BCUT2D eigenvalue weighted by Gasteiger charge is -2.24. The van der Waals surface area contributed by atoms with Crippen LogP contribution in [0.3, 0.4) is 0 Å². The van der Waals surface area contributed by atoms with Crippen LogP contribution in [0.2, 0.25) is 5.02 Å². The normalized spacial score (nSPS) is 15.8. The van der Waals surface area contributed by atoms with E-state index in [1.807, 2.05) is 31.2 Å². The molecule has 0 saturated carbocycles. The topological polar surface area (TPSA) is 92.9 Å². The Balaban J connectivity index is 1.51. The molecule has 0 bridgehead atoms. The minimum Gasteiger partial charge on any atom is -0.503 e. The number of ketones is 1. The molecule has 3 aromatic carbocycles. The molecule has 9 heteroatoms. The molecule has 3 heterocycles. The lowest BCUT2D eigenvalue weighted by atomic mass is 9.94. The maximum absolute atomic E-state index is 13.9. The first-order valence-electron chi connectivity index (χ1n) is 11.4. The zero-order valence-corrected chi connectivity index (χ0v) is 21.3. The van der Waals surface area contributed by atoms with Gasteiger partial charge in [-0.3, -0.25) is 14.5 Å². The molecule has 0 radical (unpaired) electrons. The van der Waals surface area contributed by atoms with Crippen LogP contribution < -0.4 is 9.64 Å². The van der Waals surface area contributed by atoms with Gasteiger partial charge in [0.25, 0.3) is 5.91 Å². The minimum atomic E-state index is -0.910. The summed E-state index contributed by atoms with van der Waals surface area (Å²) in [6.45, 7) is 1.94. The van der Waals surface area contributed by atoms with Crippen molar-refractivity contribution in [2.75, 3.05) is 12.0 Å². The Morgan fingerprint density at radius 3 is 2.68 bits per heavy atom. The van der Waals surface area contributed by atoms with E-state index in [2.05, 4.69) is 4.98 Å². The molecule has 1 aliphatic heterocycles.